The molecule has 0 unspecified atom stereocenters. The highest BCUT2D eigenvalue weighted by Crippen LogP contribution is 2.59. The van der Waals surface area contributed by atoms with Gasteiger partial charge in [-0.2, -0.15) is 4.31 Å². The summed E-state index contributed by atoms with van der Waals surface area (Å²) < 4.78 is 27.3. The molecule has 1 aliphatic heterocycles. The number of benzene rings is 1. The molecule has 1 saturated heterocycles. The Hall–Kier alpha value is -1.11. The lowest BCUT2D eigenvalue weighted by molar-refractivity contribution is -0.0503. The number of nitrogens with one attached hydrogen (secondary N) is 1. The van der Waals surface area contributed by atoms with E-state index in [1.165, 1.54) is 55.0 Å². The van der Waals surface area contributed by atoms with E-state index in [9.17, 15) is 13.2 Å². The van der Waals surface area contributed by atoms with Gasteiger partial charge in [0.05, 0.1) is 5.02 Å². The van der Waals surface area contributed by atoms with E-state index in [0.29, 0.717) is 25.2 Å². The van der Waals surface area contributed by atoms with E-state index in [1.807, 2.05) is 0 Å². The molecule has 1 N–H and O–H groups in total. The zero-order chi connectivity index (χ0) is 20.2. The van der Waals surface area contributed by atoms with Gasteiger partial charge in [0.25, 0.3) is 5.91 Å². The van der Waals surface area contributed by atoms with Crippen LogP contribution in [0.1, 0.15) is 61.7 Å². The van der Waals surface area contributed by atoms with Gasteiger partial charge in [0.1, 0.15) is 4.90 Å². The lowest BCUT2D eigenvalue weighted by Gasteiger charge is -2.56. The maximum atomic E-state index is 12.9. The van der Waals surface area contributed by atoms with Gasteiger partial charge in [0.2, 0.25) is 10.0 Å². The number of rotatable bonds is 5. The number of carbonyl (C=O) groups excluding carboxylic acids is 1. The molecule has 4 saturated carbocycles. The van der Waals surface area contributed by atoms with Crippen LogP contribution in [0.4, 0.5) is 0 Å². The first kappa shape index (κ1) is 19.8. The highest BCUT2D eigenvalue weighted by atomic mass is 35.5. The monoisotopic (exact) mass is 436 g/mol. The first-order valence-corrected chi connectivity index (χ1v) is 12.7. The van der Waals surface area contributed by atoms with Crippen molar-refractivity contribution in [2.24, 2.45) is 23.2 Å². The molecule has 5 aliphatic rings. The van der Waals surface area contributed by atoms with Crippen LogP contribution in [0.15, 0.2) is 23.1 Å². The van der Waals surface area contributed by atoms with Gasteiger partial charge in [0.15, 0.2) is 0 Å². The summed E-state index contributed by atoms with van der Waals surface area (Å²) in [6, 6.07) is 4.61. The molecule has 1 aromatic carbocycles. The Balaban J connectivity index is 1.32. The van der Waals surface area contributed by atoms with Crippen LogP contribution in [0.25, 0.3) is 0 Å². The number of hydrogen-bond acceptors (Lipinski definition) is 3. The van der Waals surface area contributed by atoms with Gasteiger partial charge in [-0.3, -0.25) is 4.79 Å². The third-order valence-corrected chi connectivity index (χ3v) is 10.0. The molecule has 1 amide bonds. The molecule has 158 valence electrons. The number of sulfonamides is 1. The van der Waals surface area contributed by atoms with Crippen LogP contribution >= 0.6 is 11.6 Å². The molecule has 5 fully saturated rings. The predicted octanol–water partition coefficient (Wildman–Crippen LogP) is 4.07. The van der Waals surface area contributed by atoms with Crippen molar-refractivity contribution >= 4 is 27.5 Å². The quantitative estimate of drug-likeness (QED) is 0.756. The van der Waals surface area contributed by atoms with Gasteiger partial charge >= 0.3 is 0 Å². The molecule has 0 spiro atoms. The first-order chi connectivity index (χ1) is 13.8. The van der Waals surface area contributed by atoms with Crippen molar-refractivity contribution in [3.05, 3.63) is 28.8 Å². The van der Waals surface area contributed by atoms with Gasteiger partial charge in [0, 0.05) is 25.2 Å². The van der Waals surface area contributed by atoms with Gasteiger partial charge < -0.3 is 5.32 Å². The molecule has 0 radical (unpaired) electrons. The van der Waals surface area contributed by atoms with E-state index < -0.39 is 10.0 Å². The van der Waals surface area contributed by atoms with Crippen molar-refractivity contribution in [2.75, 3.05) is 19.6 Å². The summed E-state index contributed by atoms with van der Waals surface area (Å²) in [5.74, 6) is 2.32. The SMILES string of the molecule is O=C(NCC12CC3CC(CC(C3)C1)C2)c1ccc(Cl)c(S(=O)(=O)N2CCCC2)c1. The maximum Gasteiger partial charge on any atom is 0.251 e. The summed E-state index contributed by atoms with van der Waals surface area (Å²) in [7, 11) is -3.66. The van der Waals surface area contributed by atoms with Crippen molar-refractivity contribution in [3.63, 3.8) is 0 Å². The van der Waals surface area contributed by atoms with E-state index >= 15 is 0 Å². The van der Waals surface area contributed by atoms with Crippen molar-refractivity contribution in [1.82, 2.24) is 9.62 Å². The summed E-state index contributed by atoms with van der Waals surface area (Å²) >= 11 is 6.21. The fourth-order valence-electron chi connectivity index (χ4n) is 6.79. The Kier molecular flexibility index (Phi) is 4.95. The van der Waals surface area contributed by atoms with Gasteiger partial charge in [-0.15, -0.1) is 0 Å². The Morgan fingerprint density at radius 3 is 2.24 bits per heavy atom. The molecule has 0 atom stereocenters. The smallest absolute Gasteiger partial charge is 0.251 e. The van der Waals surface area contributed by atoms with Crippen LogP contribution in [0.2, 0.25) is 5.02 Å². The molecule has 6 rings (SSSR count). The van der Waals surface area contributed by atoms with E-state index in [-0.39, 0.29) is 21.2 Å². The third-order valence-electron chi connectivity index (χ3n) is 7.67. The average Bonchev–Trinajstić information content (AvgIpc) is 3.21. The van der Waals surface area contributed by atoms with Crippen LogP contribution in [0.3, 0.4) is 0 Å². The Bertz CT molecular complexity index is 889. The average molecular weight is 437 g/mol. The lowest BCUT2D eigenvalue weighted by atomic mass is 9.49. The fraction of sp³-hybridized carbons (Fsp3) is 0.682. The van der Waals surface area contributed by atoms with Crippen LogP contribution in [0.5, 0.6) is 0 Å². The predicted molar refractivity (Wildman–Crippen MR) is 112 cm³/mol. The molecule has 0 aromatic heterocycles. The van der Waals surface area contributed by atoms with Crippen LogP contribution in [-0.4, -0.2) is 38.3 Å². The van der Waals surface area contributed by atoms with E-state index in [2.05, 4.69) is 5.32 Å². The molecule has 7 heteroatoms. The van der Waals surface area contributed by atoms with Gasteiger partial charge in [-0.25, -0.2) is 8.42 Å². The minimum absolute atomic E-state index is 0.0449. The highest BCUT2D eigenvalue weighted by molar-refractivity contribution is 7.89. The molecule has 5 nitrogen and oxygen atoms in total. The van der Waals surface area contributed by atoms with Crippen LogP contribution in [0, 0.1) is 23.2 Å². The summed E-state index contributed by atoms with van der Waals surface area (Å²) in [5.41, 5.74) is 0.623. The van der Waals surface area contributed by atoms with Gasteiger partial charge in [-0.1, -0.05) is 11.6 Å². The highest BCUT2D eigenvalue weighted by Gasteiger charge is 2.50. The van der Waals surface area contributed by atoms with Crippen LogP contribution < -0.4 is 5.32 Å². The minimum atomic E-state index is -3.66. The fourth-order valence-corrected chi connectivity index (χ4v) is 8.80. The van der Waals surface area contributed by atoms with Crippen molar-refractivity contribution in [3.8, 4) is 0 Å². The third kappa shape index (κ3) is 3.61. The number of hydrogen-bond donors (Lipinski definition) is 1. The van der Waals surface area contributed by atoms with Gasteiger partial charge in [-0.05, 0) is 92.7 Å². The van der Waals surface area contributed by atoms with Crippen molar-refractivity contribution in [2.45, 2.75) is 56.3 Å². The summed E-state index contributed by atoms with van der Waals surface area (Å²) in [5, 5.41) is 3.31. The zero-order valence-corrected chi connectivity index (χ0v) is 18.3. The topological polar surface area (TPSA) is 66.5 Å². The number of amides is 1. The largest absolute Gasteiger partial charge is 0.351 e. The van der Waals surface area contributed by atoms with E-state index in [1.54, 1.807) is 6.07 Å². The summed E-state index contributed by atoms with van der Waals surface area (Å²) in [6.45, 7) is 1.73. The number of carbonyl (C=O) groups is 1. The molecular weight excluding hydrogens is 408 g/mol. The lowest BCUT2D eigenvalue weighted by Crippen LogP contribution is -2.51. The second kappa shape index (κ2) is 7.24. The number of halogens is 1. The summed E-state index contributed by atoms with van der Waals surface area (Å²) in [6.07, 6.45) is 9.55. The Morgan fingerprint density at radius 2 is 1.66 bits per heavy atom. The molecule has 4 bridgehead atoms. The normalized spacial score (nSPS) is 33.9. The van der Waals surface area contributed by atoms with Crippen LogP contribution in [-0.2, 0) is 10.0 Å². The maximum absolute atomic E-state index is 12.9. The van der Waals surface area contributed by atoms with Crippen molar-refractivity contribution in [1.29, 1.82) is 0 Å². The second-order valence-corrected chi connectivity index (χ2v) is 12.2. The first-order valence-electron chi connectivity index (χ1n) is 10.9. The molecule has 1 heterocycles. The summed E-state index contributed by atoms with van der Waals surface area (Å²) in [4.78, 5) is 12.9. The standard InChI is InChI=1S/C22H29ClN2O3S/c23-19-4-3-18(10-20(19)29(27,28)25-5-1-2-6-25)21(26)24-14-22-11-15-7-16(12-22)9-17(8-15)13-22/h3-4,10,15-17H,1-2,5-9,11-14H2,(H,24,26). The molecule has 4 aliphatic carbocycles. The zero-order valence-electron chi connectivity index (χ0n) is 16.7. The Labute approximate surface area is 178 Å². The minimum Gasteiger partial charge on any atom is -0.351 e. The Morgan fingerprint density at radius 1 is 1.07 bits per heavy atom. The molecule has 29 heavy (non-hydrogen) atoms. The number of nitrogens with zero attached hydrogens (tertiary/aromatic N) is 1. The van der Waals surface area contributed by atoms with Crippen molar-refractivity contribution < 1.29 is 13.2 Å². The van der Waals surface area contributed by atoms with E-state index in [0.717, 1.165) is 30.6 Å². The molecule has 1 aromatic rings. The van der Waals surface area contributed by atoms with E-state index in [4.69, 9.17) is 11.6 Å². The molecular formula is C22H29ClN2O3S. The second-order valence-electron chi connectivity index (χ2n) is 9.86.